The molecular weight excluding hydrogens is 226 g/mol. The van der Waals surface area contributed by atoms with Gasteiger partial charge in [-0.15, -0.1) is 0 Å². The van der Waals surface area contributed by atoms with Crippen LogP contribution in [-0.4, -0.2) is 34.1 Å². The maximum atomic E-state index is 11.7. The number of hydrogen-bond donors (Lipinski definition) is 3. The molecule has 5 nitrogen and oxygen atoms in total. The van der Waals surface area contributed by atoms with Gasteiger partial charge in [-0.2, -0.15) is 13.1 Å². The Labute approximate surface area is 98.6 Å². The Bertz CT molecular complexity index is 282. The van der Waals surface area contributed by atoms with Gasteiger partial charge in [0.15, 0.2) is 0 Å². The third-order valence-corrected chi connectivity index (χ3v) is 3.77. The predicted octanol–water partition coefficient (Wildman–Crippen LogP) is 0.209. The van der Waals surface area contributed by atoms with Gasteiger partial charge in [-0.05, 0) is 38.3 Å². The van der Waals surface area contributed by atoms with Crippen molar-refractivity contribution in [2.24, 2.45) is 5.92 Å². The molecule has 1 fully saturated rings. The predicted molar refractivity (Wildman–Crippen MR) is 65.4 cm³/mol. The topological polar surface area (TPSA) is 70.2 Å². The molecule has 1 aliphatic heterocycles. The Morgan fingerprint density at radius 3 is 2.75 bits per heavy atom. The molecule has 3 N–H and O–H groups in total. The lowest BCUT2D eigenvalue weighted by Gasteiger charge is -2.17. The minimum atomic E-state index is -3.32. The summed E-state index contributed by atoms with van der Waals surface area (Å²) in [5.41, 5.74) is 0. The number of nitrogens with one attached hydrogen (secondary N) is 3. The van der Waals surface area contributed by atoms with Crippen LogP contribution < -0.4 is 14.8 Å². The fourth-order valence-corrected chi connectivity index (χ4v) is 2.99. The first kappa shape index (κ1) is 13.9. The molecule has 6 heteroatoms. The van der Waals surface area contributed by atoms with E-state index in [4.69, 9.17) is 0 Å². The van der Waals surface area contributed by atoms with E-state index in [1.807, 2.05) is 13.8 Å². The van der Waals surface area contributed by atoms with Gasteiger partial charge in [0.25, 0.3) is 10.2 Å². The van der Waals surface area contributed by atoms with Crippen molar-refractivity contribution in [3.63, 3.8) is 0 Å². The fourth-order valence-electron chi connectivity index (χ4n) is 1.67. The molecule has 0 aliphatic carbocycles. The van der Waals surface area contributed by atoms with Gasteiger partial charge in [-0.25, -0.2) is 4.72 Å². The maximum Gasteiger partial charge on any atom is 0.277 e. The van der Waals surface area contributed by atoms with Gasteiger partial charge >= 0.3 is 0 Å². The van der Waals surface area contributed by atoms with E-state index in [1.54, 1.807) is 0 Å². The minimum Gasteiger partial charge on any atom is -0.317 e. The van der Waals surface area contributed by atoms with Crippen molar-refractivity contribution in [1.82, 2.24) is 14.8 Å². The van der Waals surface area contributed by atoms with Crippen molar-refractivity contribution >= 4 is 10.2 Å². The zero-order chi connectivity index (χ0) is 12.0. The lowest BCUT2D eigenvalue weighted by molar-refractivity contribution is 0.502. The van der Waals surface area contributed by atoms with E-state index >= 15 is 0 Å². The first-order valence-electron chi connectivity index (χ1n) is 5.97. The first-order chi connectivity index (χ1) is 7.49. The van der Waals surface area contributed by atoms with Crippen molar-refractivity contribution in [3.05, 3.63) is 0 Å². The largest absolute Gasteiger partial charge is 0.317 e. The molecule has 0 amide bonds. The van der Waals surface area contributed by atoms with E-state index in [1.165, 1.54) is 0 Å². The monoisotopic (exact) mass is 249 g/mol. The smallest absolute Gasteiger partial charge is 0.277 e. The van der Waals surface area contributed by atoms with E-state index in [9.17, 15) is 8.42 Å². The number of rotatable bonds is 5. The zero-order valence-corrected chi connectivity index (χ0v) is 10.9. The summed E-state index contributed by atoms with van der Waals surface area (Å²) < 4.78 is 28.6. The average molecular weight is 249 g/mol. The van der Waals surface area contributed by atoms with Crippen LogP contribution in [0.1, 0.15) is 33.1 Å². The minimum absolute atomic E-state index is 0.0691. The van der Waals surface area contributed by atoms with Crippen LogP contribution in [0, 0.1) is 5.92 Å². The van der Waals surface area contributed by atoms with Crippen LogP contribution in [0.4, 0.5) is 0 Å². The van der Waals surface area contributed by atoms with Crippen LogP contribution in [-0.2, 0) is 10.2 Å². The lowest BCUT2D eigenvalue weighted by Crippen LogP contribution is -2.44. The second kappa shape index (κ2) is 6.54. The van der Waals surface area contributed by atoms with E-state index in [0.717, 1.165) is 32.4 Å². The van der Waals surface area contributed by atoms with Gasteiger partial charge < -0.3 is 5.32 Å². The first-order valence-corrected chi connectivity index (χ1v) is 7.45. The summed E-state index contributed by atoms with van der Waals surface area (Å²) in [5.74, 6) is 0.326. The van der Waals surface area contributed by atoms with Crippen molar-refractivity contribution in [1.29, 1.82) is 0 Å². The van der Waals surface area contributed by atoms with Crippen LogP contribution in [0.15, 0.2) is 0 Å². The Kier molecular flexibility index (Phi) is 5.68. The van der Waals surface area contributed by atoms with E-state index in [2.05, 4.69) is 14.8 Å². The van der Waals surface area contributed by atoms with Crippen LogP contribution in [0.25, 0.3) is 0 Å². The van der Waals surface area contributed by atoms with Gasteiger partial charge in [0.1, 0.15) is 0 Å². The van der Waals surface area contributed by atoms with Gasteiger partial charge in [0.2, 0.25) is 0 Å². The Morgan fingerprint density at radius 1 is 1.31 bits per heavy atom. The molecule has 1 aliphatic rings. The normalized spacial score (nSPS) is 23.3. The van der Waals surface area contributed by atoms with Crippen LogP contribution in [0.3, 0.4) is 0 Å². The van der Waals surface area contributed by atoms with Crippen LogP contribution in [0.5, 0.6) is 0 Å². The number of hydrogen-bond acceptors (Lipinski definition) is 3. The highest BCUT2D eigenvalue weighted by Crippen LogP contribution is 2.05. The Balaban J connectivity index is 2.38. The molecule has 1 heterocycles. The van der Waals surface area contributed by atoms with E-state index in [-0.39, 0.29) is 6.04 Å². The molecule has 1 saturated heterocycles. The van der Waals surface area contributed by atoms with Gasteiger partial charge in [-0.1, -0.05) is 13.8 Å². The molecule has 0 saturated carbocycles. The molecule has 0 bridgehead atoms. The summed E-state index contributed by atoms with van der Waals surface area (Å²) in [7, 11) is -3.32. The fraction of sp³-hybridized carbons (Fsp3) is 1.00. The molecule has 1 atom stereocenters. The van der Waals surface area contributed by atoms with Crippen LogP contribution in [0.2, 0.25) is 0 Å². The summed E-state index contributed by atoms with van der Waals surface area (Å²) in [4.78, 5) is 0. The van der Waals surface area contributed by atoms with Gasteiger partial charge in [0.05, 0.1) is 0 Å². The Morgan fingerprint density at radius 2 is 2.06 bits per heavy atom. The summed E-state index contributed by atoms with van der Waals surface area (Å²) in [5, 5.41) is 3.26. The van der Waals surface area contributed by atoms with E-state index in [0.29, 0.717) is 12.5 Å². The van der Waals surface area contributed by atoms with Gasteiger partial charge in [0, 0.05) is 12.6 Å². The Hall–Kier alpha value is -0.170. The summed E-state index contributed by atoms with van der Waals surface area (Å²) in [6.07, 6.45) is 2.80. The maximum absolute atomic E-state index is 11.7. The molecule has 16 heavy (non-hydrogen) atoms. The van der Waals surface area contributed by atoms with Gasteiger partial charge in [-0.3, -0.25) is 0 Å². The van der Waals surface area contributed by atoms with E-state index < -0.39 is 10.2 Å². The van der Waals surface area contributed by atoms with Crippen molar-refractivity contribution < 1.29 is 8.42 Å². The molecule has 96 valence electrons. The quantitative estimate of drug-likeness (QED) is 0.652. The molecule has 0 spiro atoms. The summed E-state index contributed by atoms with van der Waals surface area (Å²) in [6.45, 7) is 6.32. The standard InChI is InChI=1S/C10H23N3O2S/c1-9(2)8-12-16(14,15)13-10-4-3-6-11-7-5-10/h9-13H,3-8H2,1-2H3. The molecule has 0 radical (unpaired) electrons. The second-order valence-corrected chi connectivity index (χ2v) is 6.27. The highest BCUT2D eigenvalue weighted by Gasteiger charge is 2.18. The lowest BCUT2D eigenvalue weighted by atomic mass is 10.1. The van der Waals surface area contributed by atoms with Crippen molar-refractivity contribution in [2.75, 3.05) is 19.6 Å². The highest BCUT2D eigenvalue weighted by atomic mass is 32.2. The average Bonchev–Trinajstić information content (AvgIpc) is 2.43. The summed E-state index contributed by atoms with van der Waals surface area (Å²) in [6, 6.07) is 0.0691. The van der Waals surface area contributed by atoms with Crippen molar-refractivity contribution in [3.8, 4) is 0 Å². The molecule has 0 aromatic heterocycles. The van der Waals surface area contributed by atoms with Crippen LogP contribution >= 0.6 is 0 Å². The second-order valence-electron chi connectivity index (χ2n) is 4.74. The third kappa shape index (κ3) is 5.79. The van der Waals surface area contributed by atoms with Crippen molar-refractivity contribution in [2.45, 2.75) is 39.2 Å². The highest BCUT2D eigenvalue weighted by molar-refractivity contribution is 7.87. The molecule has 0 aromatic rings. The molecule has 0 aromatic carbocycles. The molecular formula is C10H23N3O2S. The zero-order valence-electron chi connectivity index (χ0n) is 10.1. The summed E-state index contributed by atoms with van der Waals surface area (Å²) >= 11 is 0. The molecule has 1 rings (SSSR count). The third-order valence-electron chi connectivity index (χ3n) is 2.58. The molecule has 1 unspecified atom stereocenters. The SMILES string of the molecule is CC(C)CNS(=O)(=O)NC1CCCNCC1.